The van der Waals surface area contributed by atoms with Crippen LogP contribution in [0.15, 0.2) is 60.7 Å². The van der Waals surface area contributed by atoms with Crippen molar-refractivity contribution in [2.45, 2.75) is 38.3 Å². The number of carbonyl (C=O) groups is 4. The van der Waals surface area contributed by atoms with E-state index < -0.39 is 29.9 Å². The Hall–Kier alpha value is -3.13. The first-order chi connectivity index (χ1) is 15.9. The van der Waals surface area contributed by atoms with Crippen LogP contribution in [0.5, 0.6) is 0 Å². The molecule has 0 radical (unpaired) electrons. The van der Waals surface area contributed by atoms with Crippen LogP contribution >= 0.6 is 11.8 Å². The van der Waals surface area contributed by atoms with Crippen LogP contribution in [-0.4, -0.2) is 57.3 Å². The second-order valence-electron chi connectivity index (χ2n) is 8.14. The topological polar surface area (TPSA) is 104 Å². The number of amides is 2. The molecule has 8 heteroatoms. The third-order valence-electron chi connectivity index (χ3n) is 5.63. The maximum absolute atomic E-state index is 13.0. The molecule has 2 aromatic carbocycles. The summed E-state index contributed by atoms with van der Waals surface area (Å²) in [5.41, 5.74) is 1.39. The van der Waals surface area contributed by atoms with Gasteiger partial charge in [-0.3, -0.25) is 14.4 Å². The maximum Gasteiger partial charge on any atom is 0.326 e. The smallest absolute Gasteiger partial charge is 0.326 e. The van der Waals surface area contributed by atoms with Gasteiger partial charge in [0.1, 0.15) is 12.1 Å². The van der Waals surface area contributed by atoms with Gasteiger partial charge in [-0.1, -0.05) is 79.3 Å². The molecule has 0 saturated carbocycles. The third-order valence-corrected chi connectivity index (χ3v) is 6.80. The van der Waals surface area contributed by atoms with Gasteiger partial charge >= 0.3 is 5.97 Å². The molecule has 0 unspecified atom stereocenters. The summed E-state index contributed by atoms with van der Waals surface area (Å²) in [7, 11) is 0. The van der Waals surface area contributed by atoms with E-state index in [-0.39, 0.29) is 17.4 Å². The highest BCUT2D eigenvalue weighted by molar-refractivity contribution is 8.14. The number of hydrogen-bond donors (Lipinski definition) is 2. The quantitative estimate of drug-likeness (QED) is 0.586. The number of rotatable bonds is 9. The van der Waals surface area contributed by atoms with E-state index in [4.69, 9.17) is 0 Å². The minimum Gasteiger partial charge on any atom is -0.480 e. The number of carboxylic acids is 1. The summed E-state index contributed by atoms with van der Waals surface area (Å²) in [6, 6.07) is 16.2. The van der Waals surface area contributed by atoms with Crippen molar-refractivity contribution in [3.05, 3.63) is 71.8 Å². The molecule has 0 bridgehead atoms. The fraction of sp³-hybridized carbons (Fsp3) is 0.360. The maximum atomic E-state index is 13.0. The Labute approximate surface area is 197 Å². The van der Waals surface area contributed by atoms with Gasteiger partial charge in [-0.15, -0.1) is 0 Å². The molecular weight excluding hydrogens is 440 g/mol. The third kappa shape index (κ3) is 6.68. The van der Waals surface area contributed by atoms with Crippen LogP contribution in [0.2, 0.25) is 0 Å². The highest BCUT2D eigenvalue weighted by atomic mass is 32.2. The molecule has 2 amide bonds. The molecule has 0 aromatic heterocycles. The molecule has 0 spiro atoms. The van der Waals surface area contributed by atoms with Crippen LogP contribution in [0.1, 0.15) is 35.7 Å². The van der Waals surface area contributed by atoms with Crippen LogP contribution in [0.4, 0.5) is 0 Å². The lowest BCUT2D eigenvalue weighted by molar-refractivity contribution is -0.144. The number of hydrogen-bond acceptors (Lipinski definition) is 5. The number of nitrogens with zero attached hydrogens (tertiary/aromatic N) is 1. The number of nitrogens with one attached hydrogen (secondary N) is 1. The van der Waals surface area contributed by atoms with Crippen LogP contribution in [0.25, 0.3) is 0 Å². The van der Waals surface area contributed by atoms with Gasteiger partial charge in [0.2, 0.25) is 16.9 Å². The molecule has 174 valence electrons. The van der Waals surface area contributed by atoms with Crippen LogP contribution in [0, 0.1) is 5.92 Å². The van der Waals surface area contributed by atoms with E-state index in [0.29, 0.717) is 30.7 Å². The Morgan fingerprint density at radius 2 is 1.70 bits per heavy atom. The molecule has 1 aliphatic rings. The highest BCUT2D eigenvalue weighted by Gasteiger charge is 2.37. The summed E-state index contributed by atoms with van der Waals surface area (Å²) in [6.45, 7) is 2.19. The van der Waals surface area contributed by atoms with Gasteiger partial charge in [0.15, 0.2) is 0 Å². The van der Waals surface area contributed by atoms with Crippen molar-refractivity contribution >= 4 is 34.7 Å². The molecule has 7 nitrogen and oxygen atoms in total. The van der Waals surface area contributed by atoms with Crippen LogP contribution in [-0.2, 0) is 20.8 Å². The second kappa shape index (κ2) is 11.7. The van der Waals surface area contributed by atoms with Crippen molar-refractivity contribution in [3.8, 4) is 0 Å². The van der Waals surface area contributed by atoms with Crippen molar-refractivity contribution in [1.29, 1.82) is 0 Å². The van der Waals surface area contributed by atoms with E-state index >= 15 is 0 Å². The summed E-state index contributed by atoms with van der Waals surface area (Å²) in [6.07, 6.45) is 1.32. The molecule has 33 heavy (non-hydrogen) atoms. The molecule has 3 rings (SSSR count). The number of thioether (sulfide) groups is 1. The number of carboxylic acid groups (broad SMARTS) is 1. The van der Waals surface area contributed by atoms with Gasteiger partial charge < -0.3 is 15.3 Å². The molecule has 2 N–H and O–H groups in total. The van der Waals surface area contributed by atoms with Gasteiger partial charge in [-0.25, -0.2) is 4.79 Å². The zero-order valence-electron chi connectivity index (χ0n) is 18.5. The van der Waals surface area contributed by atoms with Crippen LogP contribution < -0.4 is 5.32 Å². The number of aliphatic carboxylic acids is 1. The van der Waals surface area contributed by atoms with Crippen LogP contribution in [0.3, 0.4) is 0 Å². The van der Waals surface area contributed by atoms with E-state index in [1.165, 1.54) is 4.90 Å². The summed E-state index contributed by atoms with van der Waals surface area (Å²) in [4.78, 5) is 51.5. The molecule has 1 fully saturated rings. The van der Waals surface area contributed by atoms with E-state index in [1.54, 1.807) is 31.2 Å². The first-order valence-corrected chi connectivity index (χ1v) is 11.9. The van der Waals surface area contributed by atoms with Gasteiger partial charge in [0.05, 0.1) is 0 Å². The SMILES string of the molecule is C[C@H](CSC(=O)c1ccccc1)C(=O)N1CCC[C@H]1C(=O)N[C@@H](Cc1ccccc1)C(=O)O. The first-order valence-electron chi connectivity index (χ1n) is 11.0. The lowest BCUT2D eigenvalue weighted by Crippen LogP contribution is -2.52. The summed E-state index contributed by atoms with van der Waals surface area (Å²) in [5, 5.41) is 12.1. The molecule has 3 atom stereocenters. The molecule has 0 aliphatic carbocycles. The largest absolute Gasteiger partial charge is 0.480 e. The predicted molar refractivity (Wildman–Crippen MR) is 127 cm³/mol. The van der Waals surface area contributed by atoms with Gasteiger partial charge in [0.25, 0.3) is 0 Å². The molecule has 2 aromatic rings. The van der Waals surface area contributed by atoms with E-state index in [0.717, 1.165) is 17.3 Å². The molecular formula is C25H28N2O5S. The van der Waals surface area contributed by atoms with Crippen molar-refractivity contribution in [3.63, 3.8) is 0 Å². The van der Waals surface area contributed by atoms with Gasteiger partial charge in [0, 0.05) is 30.2 Å². The molecule has 1 aliphatic heterocycles. The minimum absolute atomic E-state index is 0.101. The summed E-state index contributed by atoms with van der Waals surface area (Å²) < 4.78 is 0. The van der Waals surface area contributed by atoms with E-state index in [2.05, 4.69) is 5.32 Å². The Morgan fingerprint density at radius 1 is 1.06 bits per heavy atom. The second-order valence-corrected chi connectivity index (χ2v) is 9.14. The average Bonchev–Trinajstić information content (AvgIpc) is 3.32. The standard InChI is InChI=1S/C25H28N2O5S/c1-17(16-33-25(32)19-11-6-3-7-12-19)23(29)27-14-8-13-21(27)22(28)26-20(24(30)31)15-18-9-4-2-5-10-18/h2-7,9-12,17,20-21H,8,13-16H2,1H3,(H,26,28)(H,30,31)/t17-,20+,21+/m1/s1. The lowest BCUT2D eigenvalue weighted by atomic mass is 10.1. The minimum atomic E-state index is -1.12. The molecule has 1 heterocycles. The fourth-order valence-corrected chi connectivity index (χ4v) is 4.68. The summed E-state index contributed by atoms with van der Waals surface area (Å²) in [5.74, 6) is -1.91. The number of benzene rings is 2. The van der Waals surface area contributed by atoms with Gasteiger partial charge in [-0.05, 0) is 18.4 Å². The zero-order chi connectivity index (χ0) is 23.8. The van der Waals surface area contributed by atoms with Crippen molar-refractivity contribution in [2.24, 2.45) is 5.92 Å². The Kier molecular flexibility index (Phi) is 8.65. The normalized spacial score (nSPS) is 17.2. The Balaban J connectivity index is 1.57. The monoisotopic (exact) mass is 468 g/mol. The van der Waals surface area contributed by atoms with Gasteiger partial charge in [-0.2, -0.15) is 0 Å². The number of carbonyl (C=O) groups excluding carboxylic acids is 3. The molecule has 1 saturated heterocycles. The van der Waals surface area contributed by atoms with E-state index in [1.807, 2.05) is 36.4 Å². The zero-order valence-corrected chi connectivity index (χ0v) is 19.3. The van der Waals surface area contributed by atoms with Crippen molar-refractivity contribution < 1.29 is 24.3 Å². The Bertz CT molecular complexity index is 983. The fourth-order valence-electron chi connectivity index (χ4n) is 3.83. The average molecular weight is 469 g/mol. The highest BCUT2D eigenvalue weighted by Crippen LogP contribution is 2.23. The Morgan fingerprint density at radius 3 is 2.33 bits per heavy atom. The summed E-state index contributed by atoms with van der Waals surface area (Å²) >= 11 is 1.09. The predicted octanol–water partition coefficient (Wildman–Crippen LogP) is 3.00. The van der Waals surface area contributed by atoms with Crippen molar-refractivity contribution in [1.82, 2.24) is 10.2 Å². The first kappa shape index (κ1) is 24.5. The lowest BCUT2D eigenvalue weighted by Gasteiger charge is -2.27. The van der Waals surface area contributed by atoms with E-state index in [9.17, 15) is 24.3 Å². The van der Waals surface area contributed by atoms with Crippen molar-refractivity contribution in [2.75, 3.05) is 12.3 Å². The number of likely N-dealkylation sites (tertiary alicyclic amines) is 1.